The van der Waals surface area contributed by atoms with Crippen LogP contribution in [-0.4, -0.2) is 15.0 Å². The van der Waals surface area contributed by atoms with Crippen molar-refractivity contribution in [2.24, 2.45) is 0 Å². The van der Waals surface area contributed by atoms with Crippen molar-refractivity contribution in [3.63, 3.8) is 0 Å². The molecule has 0 amide bonds. The molecule has 4 nitrogen and oxygen atoms in total. The van der Waals surface area contributed by atoms with Gasteiger partial charge in [-0.05, 0) is 96.4 Å². The maximum Gasteiger partial charge on any atom is 0.167 e. The first kappa shape index (κ1) is 36.4. The van der Waals surface area contributed by atoms with Crippen molar-refractivity contribution in [2.45, 2.75) is 0 Å². The zero-order chi connectivity index (χ0) is 41.7. The normalized spacial score (nSPS) is 11.5. The Balaban J connectivity index is 0.996. The summed E-state index contributed by atoms with van der Waals surface area (Å²) in [5.74, 6) is 1.72. The molecule has 4 heteroatoms. The van der Waals surface area contributed by atoms with Crippen LogP contribution < -0.4 is 0 Å². The smallest absolute Gasteiger partial charge is 0.167 e. The van der Waals surface area contributed by atoms with Gasteiger partial charge in [-0.2, -0.15) is 0 Å². The van der Waals surface area contributed by atoms with E-state index in [1.165, 1.54) is 38.2 Å². The first-order chi connectivity index (χ1) is 31.2. The fourth-order valence-corrected chi connectivity index (χ4v) is 9.00. The summed E-state index contributed by atoms with van der Waals surface area (Å²) in [6, 6.07) is 78.8. The molecule has 12 aromatic rings. The highest BCUT2D eigenvalue weighted by atomic mass is 16.3. The SMILES string of the molecule is c1ccc(-c2cccc(-c3ccc(-c4nc(-c5cccc(-c6cccc7ccccc67)c5)nc(-c5cccc6c5oc5ccc(-c7cccc8ccccc78)cc56)n4)cc3)c2)cc1. The highest BCUT2D eigenvalue weighted by molar-refractivity contribution is 6.11. The number of nitrogens with zero attached hydrogens (tertiary/aromatic N) is 3. The van der Waals surface area contributed by atoms with E-state index in [1.54, 1.807) is 0 Å². The molecule has 12 rings (SSSR count). The zero-order valence-corrected chi connectivity index (χ0v) is 34.1. The third-order valence-corrected chi connectivity index (χ3v) is 12.1. The molecule has 0 radical (unpaired) electrons. The van der Waals surface area contributed by atoms with Crippen LogP contribution in [0.3, 0.4) is 0 Å². The number of furan rings is 1. The summed E-state index contributed by atoms with van der Waals surface area (Å²) in [4.78, 5) is 15.6. The summed E-state index contributed by atoms with van der Waals surface area (Å²) < 4.78 is 6.73. The number of fused-ring (bicyclic) bond motifs is 5. The highest BCUT2D eigenvalue weighted by Crippen LogP contribution is 2.40. The Morgan fingerprint density at radius 3 is 1.41 bits per heavy atom. The topological polar surface area (TPSA) is 51.8 Å². The molecule has 0 unspecified atom stereocenters. The molecule has 2 heterocycles. The summed E-state index contributed by atoms with van der Waals surface area (Å²) >= 11 is 0. The second kappa shape index (κ2) is 15.2. The van der Waals surface area contributed by atoms with Crippen LogP contribution >= 0.6 is 0 Å². The lowest BCUT2D eigenvalue weighted by Gasteiger charge is -2.11. The molecule has 294 valence electrons. The average molecular weight is 804 g/mol. The molecule has 0 aliphatic heterocycles. The molecular weight excluding hydrogens is 767 g/mol. The van der Waals surface area contributed by atoms with Crippen LogP contribution in [0.25, 0.3) is 122 Å². The zero-order valence-electron chi connectivity index (χ0n) is 34.1. The van der Waals surface area contributed by atoms with Crippen LogP contribution in [0.4, 0.5) is 0 Å². The van der Waals surface area contributed by atoms with Gasteiger partial charge < -0.3 is 4.42 Å². The van der Waals surface area contributed by atoms with Gasteiger partial charge in [-0.1, -0.05) is 194 Å². The van der Waals surface area contributed by atoms with Gasteiger partial charge in [0.05, 0.1) is 5.56 Å². The molecular formula is C59H37N3O. The van der Waals surface area contributed by atoms with E-state index < -0.39 is 0 Å². The van der Waals surface area contributed by atoms with Gasteiger partial charge >= 0.3 is 0 Å². The second-order valence-corrected chi connectivity index (χ2v) is 16.0. The van der Waals surface area contributed by atoms with Gasteiger partial charge in [0.25, 0.3) is 0 Å². The van der Waals surface area contributed by atoms with E-state index >= 15 is 0 Å². The Morgan fingerprint density at radius 1 is 0.254 bits per heavy atom. The fraction of sp³-hybridized carbons (Fsp3) is 0. The molecule has 0 aliphatic carbocycles. The largest absolute Gasteiger partial charge is 0.455 e. The second-order valence-electron chi connectivity index (χ2n) is 16.0. The quantitative estimate of drug-likeness (QED) is 0.161. The van der Waals surface area contributed by atoms with Crippen molar-refractivity contribution >= 4 is 43.5 Å². The Kier molecular flexibility index (Phi) is 8.79. The molecule has 0 spiro atoms. The van der Waals surface area contributed by atoms with E-state index in [2.05, 4.69) is 218 Å². The number of hydrogen-bond acceptors (Lipinski definition) is 4. The maximum atomic E-state index is 6.73. The van der Waals surface area contributed by atoms with Gasteiger partial charge in [0.15, 0.2) is 17.5 Å². The van der Waals surface area contributed by atoms with E-state index in [4.69, 9.17) is 19.4 Å². The minimum atomic E-state index is 0.545. The van der Waals surface area contributed by atoms with Crippen molar-refractivity contribution < 1.29 is 4.42 Å². The number of rotatable bonds is 7. The lowest BCUT2D eigenvalue weighted by atomic mass is 9.97. The van der Waals surface area contributed by atoms with E-state index in [0.717, 1.165) is 66.4 Å². The summed E-state index contributed by atoms with van der Waals surface area (Å²) in [5.41, 5.74) is 13.4. The van der Waals surface area contributed by atoms with Gasteiger partial charge in [0.2, 0.25) is 0 Å². The number of hydrogen-bond donors (Lipinski definition) is 0. The summed E-state index contributed by atoms with van der Waals surface area (Å²) in [5, 5.41) is 6.88. The van der Waals surface area contributed by atoms with E-state index in [0.29, 0.717) is 17.5 Å². The van der Waals surface area contributed by atoms with Crippen molar-refractivity contribution in [1.29, 1.82) is 0 Å². The lowest BCUT2D eigenvalue weighted by molar-refractivity contribution is 0.669. The summed E-state index contributed by atoms with van der Waals surface area (Å²) in [7, 11) is 0. The lowest BCUT2D eigenvalue weighted by Crippen LogP contribution is -2.00. The van der Waals surface area contributed by atoms with Crippen LogP contribution in [0.15, 0.2) is 229 Å². The fourth-order valence-electron chi connectivity index (χ4n) is 9.00. The number of para-hydroxylation sites is 1. The molecule has 0 N–H and O–H groups in total. The standard InChI is InChI=1S/C59H37N3O/c1-2-13-38(14-3-1)43-19-8-20-44(35-43)39-29-31-42(32-30-39)57-60-58(47-22-9-21-45(36-47)50-25-10-17-40-15-4-6-23-48(40)50)62-59(61-57)53-28-12-27-52-54-37-46(33-34-55(54)63-56(52)53)51-26-11-18-41-16-5-7-24-49(41)51/h1-37H. The molecule has 0 aliphatic rings. The van der Waals surface area contributed by atoms with Crippen LogP contribution in [0.5, 0.6) is 0 Å². The van der Waals surface area contributed by atoms with E-state index in [-0.39, 0.29) is 0 Å². The minimum absolute atomic E-state index is 0.545. The Hall–Kier alpha value is -8.47. The highest BCUT2D eigenvalue weighted by Gasteiger charge is 2.19. The summed E-state index contributed by atoms with van der Waals surface area (Å²) in [6.45, 7) is 0. The predicted octanol–water partition coefficient (Wildman–Crippen LogP) is 15.7. The monoisotopic (exact) mass is 803 g/mol. The first-order valence-corrected chi connectivity index (χ1v) is 21.2. The molecule has 0 saturated carbocycles. The van der Waals surface area contributed by atoms with E-state index in [1.807, 2.05) is 6.07 Å². The van der Waals surface area contributed by atoms with Crippen molar-refractivity contribution in [3.8, 4) is 78.7 Å². The van der Waals surface area contributed by atoms with Crippen molar-refractivity contribution in [3.05, 3.63) is 224 Å². The predicted molar refractivity (Wildman–Crippen MR) is 260 cm³/mol. The molecule has 63 heavy (non-hydrogen) atoms. The molecule has 0 fully saturated rings. The maximum absolute atomic E-state index is 6.73. The van der Waals surface area contributed by atoms with Crippen LogP contribution in [0.2, 0.25) is 0 Å². The van der Waals surface area contributed by atoms with Gasteiger partial charge in [-0.3, -0.25) is 0 Å². The molecule has 0 bridgehead atoms. The van der Waals surface area contributed by atoms with Gasteiger partial charge in [0, 0.05) is 21.9 Å². The number of benzene rings is 10. The minimum Gasteiger partial charge on any atom is -0.455 e. The van der Waals surface area contributed by atoms with Gasteiger partial charge in [-0.15, -0.1) is 0 Å². The Bertz CT molecular complexity index is 3670. The third kappa shape index (κ3) is 6.62. The van der Waals surface area contributed by atoms with Crippen molar-refractivity contribution in [2.75, 3.05) is 0 Å². The third-order valence-electron chi connectivity index (χ3n) is 12.1. The van der Waals surface area contributed by atoms with Gasteiger partial charge in [-0.25, -0.2) is 15.0 Å². The van der Waals surface area contributed by atoms with Crippen LogP contribution in [-0.2, 0) is 0 Å². The molecule has 0 atom stereocenters. The van der Waals surface area contributed by atoms with E-state index in [9.17, 15) is 0 Å². The van der Waals surface area contributed by atoms with Crippen molar-refractivity contribution in [1.82, 2.24) is 15.0 Å². The Morgan fingerprint density at radius 2 is 0.698 bits per heavy atom. The average Bonchev–Trinajstić information content (AvgIpc) is 3.74. The van der Waals surface area contributed by atoms with Gasteiger partial charge in [0.1, 0.15) is 11.2 Å². The first-order valence-electron chi connectivity index (χ1n) is 21.2. The molecule has 10 aromatic carbocycles. The molecule has 2 aromatic heterocycles. The molecule has 0 saturated heterocycles. The Labute approximate surface area is 364 Å². The number of aromatic nitrogens is 3. The summed E-state index contributed by atoms with van der Waals surface area (Å²) in [6.07, 6.45) is 0. The van der Waals surface area contributed by atoms with Crippen LogP contribution in [0, 0.1) is 0 Å². The van der Waals surface area contributed by atoms with Crippen LogP contribution in [0.1, 0.15) is 0 Å².